The van der Waals surface area contributed by atoms with Crippen molar-refractivity contribution in [1.29, 1.82) is 0 Å². The standard InChI is InChI=1S/C8H13F3N2O.C2F3NO/c9-8(10,11)13-7(14)12-6-4-2-1-3-5-6;3-2(4,5)6-1-7/h6H,1-5H2,(H2,12,13,14);. The minimum absolute atomic E-state index is 0.105. The summed E-state index contributed by atoms with van der Waals surface area (Å²) < 4.78 is 66.9. The van der Waals surface area contributed by atoms with E-state index >= 15 is 0 Å². The first-order valence-electron chi connectivity index (χ1n) is 5.84. The molecule has 0 heterocycles. The van der Waals surface area contributed by atoms with Crippen LogP contribution in [0, 0.1) is 0 Å². The Labute approximate surface area is 115 Å². The van der Waals surface area contributed by atoms with E-state index in [4.69, 9.17) is 4.79 Å². The summed E-state index contributed by atoms with van der Waals surface area (Å²) in [5.74, 6) is 0. The maximum atomic E-state index is 11.7. The lowest BCUT2D eigenvalue weighted by atomic mass is 9.96. The number of carbonyl (C=O) groups excluding carboxylic acids is 2. The van der Waals surface area contributed by atoms with Gasteiger partial charge in [0.2, 0.25) is 6.08 Å². The van der Waals surface area contributed by atoms with Crippen molar-refractivity contribution in [2.24, 2.45) is 4.99 Å². The Morgan fingerprint density at radius 3 is 1.90 bits per heavy atom. The van der Waals surface area contributed by atoms with Crippen LogP contribution in [0.15, 0.2) is 4.99 Å². The Hall–Kier alpha value is -1.77. The molecular weight excluding hydrogens is 308 g/mol. The number of alkyl halides is 6. The number of urea groups is 1. The molecule has 0 spiro atoms. The number of carbonyl (C=O) groups is 1. The number of hydrogen-bond acceptors (Lipinski definition) is 3. The van der Waals surface area contributed by atoms with Crippen molar-refractivity contribution in [1.82, 2.24) is 10.6 Å². The van der Waals surface area contributed by atoms with Crippen molar-refractivity contribution in [3.63, 3.8) is 0 Å². The highest BCUT2D eigenvalue weighted by Gasteiger charge is 2.30. The summed E-state index contributed by atoms with van der Waals surface area (Å²) in [6.07, 6.45) is -4.46. The fraction of sp³-hybridized carbons (Fsp3) is 0.800. The highest BCUT2D eigenvalue weighted by atomic mass is 19.4. The van der Waals surface area contributed by atoms with Gasteiger partial charge in [0.05, 0.1) is 0 Å². The molecule has 1 saturated carbocycles. The Bertz CT molecular complexity index is 370. The highest BCUT2D eigenvalue weighted by molar-refractivity contribution is 5.74. The summed E-state index contributed by atoms with van der Waals surface area (Å²) in [6, 6.07) is -1.25. The van der Waals surface area contributed by atoms with Gasteiger partial charge in [-0.25, -0.2) is 14.9 Å². The molecule has 5 nitrogen and oxygen atoms in total. The van der Waals surface area contributed by atoms with Crippen LogP contribution < -0.4 is 10.6 Å². The lowest BCUT2D eigenvalue weighted by Crippen LogP contribution is -2.48. The predicted octanol–water partition coefficient (Wildman–Crippen LogP) is 2.98. The molecule has 0 aromatic rings. The van der Waals surface area contributed by atoms with Crippen LogP contribution in [0.3, 0.4) is 0 Å². The van der Waals surface area contributed by atoms with Crippen molar-refractivity contribution in [3.8, 4) is 0 Å². The number of isocyanates is 1. The molecule has 0 aliphatic heterocycles. The minimum atomic E-state index is -4.75. The molecule has 11 heteroatoms. The van der Waals surface area contributed by atoms with Gasteiger partial charge in [0, 0.05) is 6.04 Å². The molecule has 1 rings (SSSR count). The molecule has 21 heavy (non-hydrogen) atoms. The van der Waals surface area contributed by atoms with E-state index in [9.17, 15) is 31.1 Å². The third-order valence-electron chi connectivity index (χ3n) is 2.37. The second-order valence-electron chi connectivity index (χ2n) is 4.10. The van der Waals surface area contributed by atoms with Crippen molar-refractivity contribution >= 4 is 12.1 Å². The van der Waals surface area contributed by atoms with Crippen LogP contribution >= 0.6 is 0 Å². The van der Waals surface area contributed by atoms with Gasteiger partial charge < -0.3 is 5.32 Å². The van der Waals surface area contributed by atoms with Crippen LogP contribution in [0.2, 0.25) is 0 Å². The monoisotopic (exact) mass is 321 g/mol. The second-order valence-corrected chi connectivity index (χ2v) is 4.10. The molecule has 0 atom stereocenters. The van der Waals surface area contributed by atoms with Gasteiger partial charge in [-0.05, 0) is 12.8 Å². The van der Waals surface area contributed by atoms with Crippen LogP contribution in [0.1, 0.15) is 32.1 Å². The molecule has 2 amide bonds. The maximum Gasteiger partial charge on any atom is 0.513 e. The average molecular weight is 321 g/mol. The molecule has 1 aliphatic rings. The second kappa shape index (κ2) is 8.50. The SMILES string of the molecule is O=C(NC1CCCCC1)NC(F)(F)F.O=C=NC(F)(F)F. The van der Waals surface area contributed by atoms with E-state index in [1.165, 1.54) is 4.99 Å². The Morgan fingerprint density at radius 2 is 1.57 bits per heavy atom. The van der Waals surface area contributed by atoms with Crippen molar-refractivity contribution < 1.29 is 35.9 Å². The Kier molecular flexibility index (Phi) is 7.79. The first-order chi connectivity index (χ1) is 9.53. The van der Waals surface area contributed by atoms with Crippen LogP contribution in [0.25, 0.3) is 0 Å². The fourth-order valence-corrected chi connectivity index (χ4v) is 1.65. The topological polar surface area (TPSA) is 70.6 Å². The number of hydrogen-bond donors (Lipinski definition) is 2. The minimum Gasteiger partial charge on any atom is -0.335 e. The molecule has 0 aromatic carbocycles. The van der Waals surface area contributed by atoms with Crippen molar-refractivity contribution in [2.45, 2.75) is 50.7 Å². The van der Waals surface area contributed by atoms with E-state index in [0.29, 0.717) is 6.08 Å². The molecule has 122 valence electrons. The van der Waals surface area contributed by atoms with E-state index in [0.717, 1.165) is 37.4 Å². The van der Waals surface area contributed by atoms with Gasteiger partial charge in [0.25, 0.3) is 0 Å². The van der Waals surface area contributed by atoms with Crippen LogP contribution in [-0.4, -0.2) is 30.8 Å². The predicted molar refractivity (Wildman–Crippen MR) is 58.8 cm³/mol. The van der Waals surface area contributed by atoms with E-state index in [2.05, 4.69) is 5.32 Å². The van der Waals surface area contributed by atoms with Gasteiger partial charge in [0.15, 0.2) is 0 Å². The van der Waals surface area contributed by atoms with Crippen LogP contribution in [0.5, 0.6) is 0 Å². The quantitative estimate of drug-likeness (QED) is 0.337. The smallest absolute Gasteiger partial charge is 0.335 e. The molecule has 0 bridgehead atoms. The summed E-state index contributed by atoms with van der Waals surface area (Å²) in [4.78, 5) is 21.0. The van der Waals surface area contributed by atoms with Gasteiger partial charge in [-0.3, -0.25) is 0 Å². The van der Waals surface area contributed by atoms with Gasteiger partial charge in [0.1, 0.15) is 0 Å². The summed E-state index contributed by atoms with van der Waals surface area (Å²) in [5, 5.41) is 3.22. The number of aliphatic imine (C=N–C) groups is 1. The third-order valence-corrected chi connectivity index (χ3v) is 2.37. The number of halogens is 6. The lowest BCUT2D eigenvalue weighted by Gasteiger charge is -2.23. The first kappa shape index (κ1) is 19.2. The molecule has 1 aliphatic carbocycles. The molecule has 0 radical (unpaired) electrons. The number of nitrogens with zero attached hydrogens (tertiary/aromatic N) is 1. The fourth-order valence-electron chi connectivity index (χ4n) is 1.65. The molecule has 0 saturated heterocycles. The normalized spacial score (nSPS) is 16.1. The molecule has 0 unspecified atom stereocenters. The summed E-state index contributed by atoms with van der Waals surface area (Å²) in [7, 11) is 0. The number of nitrogens with one attached hydrogen (secondary N) is 2. The zero-order chi connectivity index (χ0) is 16.5. The first-order valence-corrected chi connectivity index (χ1v) is 5.84. The van der Waals surface area contributed by atoms with Crippen LogP contribution in [0.4, 0.5) is 31.1 Å². The average Bonchev–Trinajstić information content (AvgIpc) is 2.26. The number of amides is 2. The van der Waals surface area contributed by atoms with E-state index in [1.54, 1.807) is 0 Å². The molecular formula is C10H13F6N3O2. The Balaban J connectivity index is 0.000000486. The van der Waals surface area contributed by atoms with Crippen LogP contribution in [-0.2, 0) is 4.79 Å². The summed E-state index contributed by atoms with van der Waals surface area (Å²) in [5.41, 5.74) is 0. The largest absolute Gasteiger partial charge is 0.513 e. The van der Waals surface area contributed by atoms with Gasteiger partial charge in [-0.1, -0.05) is 19.3 Å². The van der Waals surface area contributed by atoms with Crippen molar-refractivity contribution in [3.05, 3.63) is 0 Å². The van der Waals surface area contributed by atoms with E-state index in [1.807, 2.05) is 0 Å². The molecule has 2 N–H and O–H groups in total. The number of rotatable bonds is 1. The maximum absolute atomic E-state index is 11.7. The van der Waals surface area contributed by atoms with E-state index in [-0.39, 0.29) is 6.04 Å². The Morgan fingerprint density at radius 1 is 1.05 bits per heavy atom. The molecule has 1 fully saturated rings. The summed E-state index contributed by atoms with van der Waals surface area (Å²) >= 11 is 0. The van der Waals surface area contributed by atoms with Crippen molar-refractivity contribution in [2.75, 3.05) is 0 Å². The molecule has 0 aromatic heterocycles. The zero-order valence-electron chi connectivity index (χ0n) is 10.6. The van der Waals surface area contributed by atoms with Gasteiger partial charge >= 0.3 is 18.6 Å². The highest BCUT2D eigenvalue weighted by Crippen LogP contribution is 2.17. The van der Waals surface area contributed by atoms with E-state index < -0.39 is 18.6 Å². The summed E-state index contributed by atoms with van der Waals surface area (Å²) in [6.45, 7) is 0. The van der Waals surface area contributed by atoms with Gasteiger partial charge in [-0.15, -0.1) is 18.2 Å². The third kappa shape index (κ3) is 13.0. The zero-order valence-corrected chi connectivity index (χ0v) is 10.6. The lowest BCUT2D eigenvalue weighted by molar-refractivity contribution is -0.145. The van der Waals surface area contributed by atoms with Gasteiger partial charge in [-0.2, -0.15) is 13.2 Å².